The van der Waals surface area contributed by atoms with E-state index in [1.165, 1.54) is 16.9 Å². The Balaban J connectivity index is 2.24. The first-order valence-electron chi connectivity index (χ1n) is 10.0. The lowest BCUT2D eigenvalue weighted by Crippen LogP contribution is -2.31. The molecule has 0 aromatic carbocycles. The average molecular weight is 426 g/mol. The second-order valence-corrected chi connectivity index (χ2v) is 8.13. The first kappa shape index (κ1) is 23.9. The van der Waals surface area contributed by atoms with Crippen molar-refractivity contribution >= 4 is 5.91 Å². The number of nitrogens with one attached hydrogen (secondary N) is 1. The maximum atomic E-state index is 12.8. The number of hydrogen-bond donors (Lipinski definition) is 2. The Hall–Kier alpha value is -2.42. The van der Waals surface area contributed by atoms with Crippen LogP contribution in [0.4, 0.5) is 13.2 Å². The molecule has 2 aromatic heterocycles. The number of halogens is 3. The smallest absolute Gasteiger partial charge is 0.396 e. The van der Waals surface area contributed by atoms with Gasteiger partial charge in [0.2, 0.25) is 0 Å². The normalized spacial score (nSPS) is 13.1. The third kappa shape index (κ3) is 6.04. The number of carbonyl (C=O) groups is 1. The Labute approximate surface area is 174 Å². The van der Waals surface area contributed by atoms with Gasteiger partial charge in [0.25, 0.3) is 5.91 Å². The molecule has 0 fully saturated rings. The number of nitrogens with zero attached hydrogens (tertiary/aromatic N) is 3. The molecule has 6 nitrogen and oxygen atoms in total. The van der Waals surface area contributed by atoms with E-state index < -0.39 is 11.7 Å². The van der Waals surface area contributed by atoms with Crippen molar-refractivity contribution in [1.29, 1.82) is 0 Å². The van der Waals surface area contributed by atoms with E-state index in [2.05, 4.69) is 29.2 Å². The van der Waals surface area contributed by atoms with Crippen molar-refractivity contribution in [3.05, 3.63) is 41.3 Å². The molecule has 0 radical (unpaired) electrons. The van der Waals surface area contributed by atoms with Crippen molar-refractivity contribution in [1.82, 2.24) is 20.1 Å². The molecule has 2 aromatic rings. The van der Waals surface area contributed by atoms with Gasteiger partial charge in [-0.25, -0.2) is 9.67 Å². The summed E-state index contributed by atoms with van der Waals surface area (Å²) in [5.41, 5.74) is 0.0869. The van der Waals surface area contributed by atoms with Crippen LogP contribution in [0.2, 0.25) is 0 Å². The number of pyridine rings is 1. The largest absolute Gasteiger partial charge is 0.417 e. The van der Waals surface area contributed by atoms with Crippen molar-refractivity contribution < 1.29 is 23.1 Å². The van der Waals surface area contributed by atoms with Gasteiger partial charge >= 0.3 is 6.18 Å². The molecule has 0 saturated heterocycles. The molecule has 2 heterocycles. The summed E-state index contributed by atoms with van der Waals surface area (Å²) >= 11 is 0. The summed E-state index contributed by atoms with van der Waals surface area (Å²) in [6, 6.07) is 2.18. The quantitative estimate of drug-likeness (QED) is 0.630. The lowest BCUT2D eigenvalue weighted by Gasteiger charge is -2.19. The molecule has 1 amide bonds. The minimum Gasteiger partial charge on any atom is -0.396 e. The highest BCUT2D eigenvalue weighted by atomic mass is 19.4. The van der Waals surface area contributed by atoms with Gasteiger partial charge in [0.15, 0.2) is 5.82 Å². The second kappa shape index (κ2) is 10.1. The lowest BCUT2D eigenvalue weighted by atomic mass is 9.94. The average Bonchev–Trinajstić information content (AvgIpc) is 3.10. The zero-order valence-corrected chi connectivity index (χ0v) is 17.7. The van der Waals surface area contributed by atoms with Crippen LogP contribution in [0, 0.1) is 11.8 Å². The molecule has 1 atom stereocenters. The molecule has 0 aliphatic heterocycles. The Morgan fingerprint density at radius 2 is 1.90 bits per heavy atom. The predicted molar refractivity (Wildman–Crippen MR) is 107 cm³/mol. The first-order valence-corrected chi connectivity index (χ1v) is 10.0. The van der Waals surface area contributed by atoms with Gasteiger partial charge < -0.3 is 10.4 Å². The fraction of sp³-hybridized carbons (Fsp3) is 0.571. The van der Waals surface area contributed by atoms with E-state index in [1.54, 1.807) is 0 Å². The third-order valence-electron chi connectivity index (χ3n) is 4.78. The molecule has 30 heavy (non-hydrogen) atoms. The van der Waals surface area contributed by atoms with Gasteiger partial charge in [-0.05, 0) is 42.7 Å². The van der Waals surface area contributed by atoms with Gasteiger partial charge in [-0.15, -0.1) is 0 Å². The van der Waals surface area contributed by atoms with Crippen LogP contribution in [0.3, 0.4) is 0 Å². The van der Waals surface area contributed by atoms with Gasteiger partial charge in [-0.1, -0.05) is 27.7 Å². The van der Waals surface area contributed by atoms with E-state index in [4.69, 9.17) is 0 Å². The topological polar surface area (TPSA) is 80.0 Å². The zero-order chi connectivity index (χ0) is 22.5. The number of aromatic nitrogens is 3. The number of alkyl halides is 3. The van der Waals surface area contributed by atoms with Crippen LogP contribution in [0.1, 0.15) is 68.1 Å². The number of rotatable bonds is 9. The number of carbonyl (C=O) groups excluding carboxylic acids is 1. The van der Waals surface area contributed by atoms with Crippen LogP contribution in [-0.2, 0) is 6.18 Å². The van der Waals surface area contributed by atoms with Crippen molar-refractivity contribution in [3.8, 4) is 5.82 Å². The Kier molecular flexibility index (Phi) is 8.00. The number of aliphatic hydroxyl groups is 1. The highest BCUT2D eigenvalue weighted by Crippen LogP contribution is 2.29. The Bertz CT molecular complexity index is 830. The number of amides is 1. The molecule has 0 saturated carbocycles. The fourth-order valence-corrected chi connectivity index (χ4v) is 3.43. The van der Waals surface area contributed by atoms with Crippen molar-refractivity contribution in [2.75, 3.05) is 13.2 Å². The summed E-state index contributed by atoms with van der Waals surface area (Å²) in [6.07, 6.45) is -0.820. The highest BCUT2D eigenvalue weighted by Gasteiger charge is 2.31. The molecule has 2 N–H and O–H groups in total. The van der Waals surface area contributed by atoms with Crippen LogP contribution < -0.4 is 5.32 Å². The minimum atomic E-state index is -4.47. The minimum absolute atomic E-state index is 0.0576. The monoisotopic (exact) mass is 426 g/mol. The van der Waals surface area contributed by atoms with E-state index in [1.807, 2.05) is 13.8 Å². The van der Waals surface area contributed by atoms with E-state index in [-0.39, 0.29) is 30.2 Å². The van der Waals surface area contributed by atoms with Crippen LogP contribution in [0.5, 0.6) is 0 Å². The van der Waals surface area contributed by atoms with Gasteiger partial charge in [0.1, 0.15) is 0 Å². The van der Waals surface area contributed by atoms with Gasteiger partial charge in [0, 0.05) is 19.3 Å². The van der Waals surface area contributed by atoms with Crippen LogP contribution in [0.15, 0.2) is 24.5 Å². The fourth-order valence-electron chi connectivity index (χ4n) is 3.43. The van der Waals surface area contributed by atoms with E-state index in [0.717, 1.165) is 18.7 Å². The van der Waals surface area contributed by atoms with Crippen LogP contribution >= 0.6 is 0 Å². The maximum absolute atomic E-state index is 12.8. The Morgan fingerprint density at radius 3 is 2.40 bits per heavy atom. The second-order valence-electron chi connectivity index (χ2n) is 8.13. The van der Waals surface area contributed by atoms with Crippen molar-refractivity contribution in [2.45, 2.75) is 52.6 Å². The third-order valence-corrected chi connectivity index (χ3v) is 4.78. The van der Waals surface area contributed by atoms with Gasteiger partial charge in [0.05, 0.1) is 23.0 Å². The molecule has 0 aliphatic rings. The summed E-state index contributed by atoms with van der Waals surface area (Å²) in [5.74, 6) is 0.403. The number of hydrogen-bond acceptors (Lipinski definition) is 4. The van der Waals surface area contributed by atoms with E-state index in [0.29, 0.717) is 30.1 Å². The summed E-state index contributed by atoms with van der Waals surface area (Å²) in [7, 11) is 0. The van der Waals surface area contributed by atoms with E-state index in [9.17, 15) is 23.1 Å². The summed E-state index contributed by atoms with van der Waals surface area (Å²) in [5, 5.41) is 16.4. The van der Waals surface area contributed by atoms with Crippen molar-refractivity contribution in [2.24, 2.45) is 11.8 Å². The molecule has 0 aliphatic carbocycles. The first-order chi connectivity index (χ1) is 14.0. The highest BCUT2D eigenvalue weighted by molar-refractivity contribution is 5.95. The molecule has 166 valence electrons. The van der Waals surface area contributed by atoms with Crippen LogP contribution in [0.25, 0.3) is 5.82 Å². The maximum Gasteiger partial charge on any atom is 0.417 e. The molecule has 9 heteroatoms. The standard InChI is InChI=1S/C21H29F3N4O2/c1-13(2)9-15(7-8-29)10-26-20(30)17-12-27-28(19(17)14(3)4)18-6-5-16(11-25-18)21(22,23)24/h5-6,11-15,29H,7-10H2,1-4H3,(H,26,30). The zero-order valence-electron chi connectivity index (χ0n) is 17.7. The predicted octanol–water partition coefficient (Wildman–Crippen LogP) is 4.18. The van der Waals surface area contributed by atoms with Gasteiger partial charge in [-0.2, -0.15) is 18.3 Å². The molecular weight excluding hydrogens is 397 g/mol. The van der Waals surface area contributed by atoms with Crippen LogP contribution in [-0.4, -0.2) is 38.9 Å². The molecule has 2 rings (SSSR count). The SMILES string of the molecule is CC(C)CC(CCO)CNC(=O)c1cnn(-c2ccc(C(F)(F)F)cn2)c1C(C)C. The van der Waals surface area contributed by atoms with Crippen molar-refractivity contribution in [3.63, 3.8) is 0 Å². The number of aliphatic hydroxyl groups excluding tert-OH is 1. The van der Waals surface area contributed by atoms with Gasteiger partial charge in [-0.3, -0.25) is 4.79 Å². The summed E-state index contributed by atoms with van der Waals surface area (Å²) in [6.45, 7) is 8.42. The summed E-state index contributed by atoms with van der Waals surface area (Å²) < 4.78 is 39.8. The summed E-state index contributed by atoms with van der Waals surface area (Å²) in [4.78, 5) is 16.7. The molecule has 0 spiro atoms. The molecule has 1 unspecified atom stereocenters. The molecular formula is C21H29F3N4O2. The van der Waals surface area contributed by atoms with E-state index >= 15 is 0 Å². The lowest BCUT2D eigenvalue weighted by molar-refractivity contribution is -0.137. The molecule has 0 bridgehead atoms. The Morgan fingerprint density at radius 1 is 1.20 bits per heavy atom.